The molecule has 0 radical (unpaired) electrons. The molecule has 0 bridgehead atoms. The monoisotopic (exact) mass is 1060 g/mol. The van der Waals surface area contributed by atoms with E-state index in [0.717, 1.165) is 107 Å². The number of aromatic hydroxyl groups is 1. The summed E-state index contributed by atoms with van der Waals surface area (Å²) in [6.07, 6.45) is 17.8. The highest BCUT2D eigenvalue weighted by molar-refractivity contribution is 7.13. The first-order valence-corrected chi connectivity index (χ1v) is 28.4. The van der Waals surface area contributed by atoms with Crippen molar-refractivity contribution in [3.8, 4) is 16.2 Å². The molecule has 412 valence electrons. The number of aryl methyl sites for hydroxylation is 2. The van der Waals surface area contributed by atoms with Crippen LogP contribution in [0.1, 0.15) is 126 Å². The normalized spacial score (nSPS) is 22.4. The van der Waals surface area contributed by atoms with Crippen molar-refractivity contribution in [3.05, 3.63) is 112 Å². The molecule has 9 rings (SSSR count). The minimum atomic E-state index is -0.409. The molecule has 2 amide bonds. The topological polar surface area (TPSA) is 225 Å². The summed E-state index contributed by atoms with van der Waals surface area (Å²) < 4.78 is 0. The van der Waals surface area contributed by atoms with E-state index in [1.165, 1.54) is 41.7 Å². The molecule has 17 heteroatoms. The van der Waals surface area contributed by atoms with Crippen LogP contribution >= 0.6 is 11.3 Å². The molecule has 16 nitrogen and oxygen atoms in total. The van der Waals surface area contributed by atoms with Crippen LogP contribution in [0.3, 0.4) is 0 Å². The van der Waals surface area contributed by atoms with E-state index in [1.807, 2.05) is 65.6 Å². The number of allylic oxidation sites excluding steroid dienone is 1. The van der Waals surface area contributed by atoms with Gasteiger partial charge in [0.05, 0.1) is 33.9 Å². The molecule has 2 saturated carbocycles. The Bertz CT molecular complexity index is 2600. The van der Waals surface area contributed by atoms with Crippen LogP contribution in [0.4, 0.5) is 0 Å². The first-order chi connectivity index (χ1) is 36.3. The van der Waals surface area contributed by atoms with Crippen molar-refractivity contribution in [1.29, 1.82) is 0 Å². The lowest BCUT2D eigenvalue weighted by atomic mass is 9.57. The molecule has 2 aromatic carbocycles. The summed E-state index contributed by atoms with van der Waals surface area (Å²) in [5.41, 5.74) is 26.4. The second-order valence-corrected chi connectivity index (χ2v) is 24.1. The summed E-state index contributed by atoms with van der Waals surface area (Å²) in [5.74, 6) is 2.11. The number of thiazole rings is 1. The number of nitrogens with zero attached hydrogens (tertiary/aromatic N) is 7. The molecule has 1 spiro atoms. The Labute approximate surface area is 456 Å². The third kappa shape index (κ3) is 14.8. The molecule has 2 aromatic heterocycles. The van der Waals surface area contributed by atoms with Crippen LogP contribution in [-0.2, 0) is 20.9 Å². The zero-order valence-electron chi connectivity index (χ0n) is 46.4. The maximum Gasteiger partial charge on any atom is 0.237 e. The smallest absolute Gasteiger partial charge is 0.237 e. The number of para-hydroxylation sites is 1. The summed E-state index contributed by atoms with van der Waals surface area (Å²) in [5, 5.41) is 16.0. The van der Waals surface area contributed by atoms with E-state index in [1.54, 1.807) is 35.6 Å². The van der Waals surface area contributed by atoms with E-state index >= 15 is 0 Å². The Balaban J connectivity index is 0.000000168. The molecule has 3 unspecified atom stereocenters. The zero-order chi connectivity index (χ0) is 54.7. The van der Waals surface area contributed by atoms with Crippen molar-refractivity contribution in [1.82, 2.24) is 45.2 Å². The van der Waals surface area contributed by atoms with Crippen molar-refractivity contribution in [2.45, 2.75) is 142 Å². The Morgan fingerprint density at radius 1 is 0.895 bits per heavy atom. The van der Waals surface area contributed by atoms with Crippen LogP contribution in [0, 0.1) is 30.6 Å². The van der Waals surface area contributed by atoms with Gasteiger partial charge in [0.15, 0.2) is 0 Å². The first-order valence-electron chi connectivity index (χ1n) is 27.5. The molecule has 5 heterocycles. The van der Waals surface area contributed by atoms with Gasteiger partial charge in [-0.1, -0.05) is 70.5 Å². The number of amides is 2. The number of benzene rings is 2. The largest absolute Gasteiger partial charge is 0.507 e. The molecular formula is C59H86N12O4S. The second-order valence-electron chi connectivity index (χ2n) is 23.2. The minimum Gasteiger partial charge on any atom is -0.507 e. The SMILES string of the molecule is CCCC1CN(C(/C=C(\N)c2ccccc2O)=C(N)N)CCN1C.Cc1ncc(C2CCC(N3CC4(CC(C(=O)NC(C=O)C(C)(C)C)C4)C3)CC2)cn1.Cc1ncsc1-c1ccc(CNC(=O)C2CCCN2C)cc1. The average molecular weight is 1060 g/mol. The fourth-order valence-electron chi connectivity index (χ4n) is 11.6. The van der Waals surface area contributed by atoms with Gasteiger partial charge in [-0.05, 0) is 144 Å². The molecule has 2 aliphatic carbocycles. The molecule has 3 atom stereocenters. The van der Waals surface area contributed by atoms with Crippen LogP contribution in [0.5, 0.6) is 5.75 Å². The molecular weight excluding hydrogens is 973 g/mol. The third-order valence-electron chi connectivity index (χ3n) is 16.5. The average Bonchev–Trinajstić information content (AvgIpc) is 4.02. The Morgan fingerprint density at radius 2 is 1.58 bits per heavy atom. The van der Waals surface area contributed by atoms with Gasteiger partial charge in [-0.2, -0.15) is 0 Å². The molecule has 9 N–H and O–H groups in total. The van der Waals surface area contributed by atoms with Crippen LogP contribution < -0.4 is 27.8 Å². The van der Waals surface area contributed by atoms with E-state index in [-0.39, 0.29) is 40.8 Å². The number of nitrogens with one attached hydrogen (secondary N) is 2. The standard InChI is InChI=1S/C24H36N4O2.C18H29N5O.C17H21N3OS/c1-16-25-11-19(12-26-16)17-5-7-20(8-6-17)28-14-24(15-28)9-18(10-24)22(30)27-21(13-29)23(2,3)4;1-3-6-13-12-23(10-9-22(13)2)16(18(20)21)11-15(19)14-7-4-5-8-17(14)24;1-12-16(22-11-19-12)14-7-5-13(6-8-14)10-18-17(21)15-4-3-9-20(15)2/h11-13,17-18,20-21H,5-10,14-15H2,1-4H3,(H,27,30);4-5,7-8,11,13,24H,3,6,9-10,12,19-21H2,1-2H3;5-8,11,15H,3-4,9-10H2,1-2H3,(H,18,21)/b;15-11-;. The summed E-state index contributed by atoms with van der Waals surface area (Å²) in [7, 11) is 4.17. The van der Waals surface area contributed by atoms with Crippen molar-refractivity contribution in [3.63, 3.8) is 0 Å². The number of phenolic OH excluding ortho intramolecular Hbond substituents is 1. The number of aromatic nitrogens is 3. The van der Waals surface area contributed by atoms with Gasteiger partial charge in [0, 0.05) is 80.9 Å². The number of likely N-dealkylation sites (tertiary alicyclic amines) is 2. The number of phenols is 1. The molecule has 3 saturated heterocycles. The summed E-state index contributed by atoms with van der Waals surface area (Å²) >= 11 is 1.66. The molecule has 5 fully saturated rings. The van der Waals surface area contributed by atoms with Crippen molar-refractivity contribution in [2.24, 2.45) is 33.9 Å². The predicted octanol–water partition coefficient (Wildman–Crippen LogP) is 7.28. The lowest BCUT2D eigenvalue weighted by Crippen LogP contribution is -2.66. The zero-order valence-corrected chi connectivity index (χ0v) is 47.2. The minimum absolute atomic E-state index is 0.0408. The summed E-state index contributed by atoms with van der Waals surface area (Å²) in [6.45, 7) is 18.6. The quantitative estimate of drug-likeness (QED) is 0.0540. The number of hydrogen-bond donors (Lipinski definition) is 6. The fourth-order valence-corrected chi connectivity index (χ4v) is 12.4. The van der Waals surface area contributed by atoms with Crippen molar-refractivity contribution in [2.75, 3.05) is 53.4 Å². The molecule has 4 aromatic rings. The van der Waals surface area contributed by atoms with Gasteiger partial charge in [-0.3, -0.25) is 24.3 Å². The summed E-state index contributed by atoms with van der Waals surface area (Å²) in [6, 6.07) is 16.1. The highest BCUT2D eigenvalue weighted by Crippen LogP contribution is 2.54. The first kappa shape index (κ1) is 57.8. The van der Waals surface area contributed by atoms with E-state index in [4.69, 9.17) is 17.2 Å². The van der Waals surface area contributed by atoms with Crippen LogP contribution in [-0.4, -0.2) is 135 Å². The number of aldehydes is 1. The number of hydrogen-bond acceptors (Lipinski definition) is 15. The number of carbonyl (C=O) groups excluding carboxylic acids is 3. The van der Waals surface area contributed by atoms with Crippen LogP contribution in [0.15, 0.2) is 84.0 Å². The van der Waals surface area contributed by atoms with Gasteiger partial charge >= 0.3 is 0 Å². The molecule has 3 aliphatic heterocycles. The van der Waals surface area contributed by atoms with Gasteiger partial charge in [0.2, 0.25) is 11.8 Å². The maximum absolute atomic E-state index is 12.6. The van der Waals surface area contributed by atoms with Crippen LogP contribution in [0.2, 0.25) is 0 Å². The Morgan fingerprint density at radius 3 is 2.16 bits per heavy atom. The Kier molecular flexibility index (Phi) is 19.8. The predicted molar refractivity (Wildman–Crippen MR) is 304 cm³/mol. The number of rotatable bonds is 14. The fraction of sp³-hybridized carbons (Fsp3) is 0.559. The third-order valence-corrected chi connectivity index (χ3v) is 17.4. The molecule has 5 aliphatic rings. The number of piperazine rings is 1. The van der Waals surface area contributed by atoms with Crippen molar-refractivity contribution >= 4 is 35.1 Å². The number of carbonyl (C=O) groups is 3. The van der Waals surface area contributed by atoms with Crippen molar-refractivity contribution < 1.29 is 19.5 Å². The van der Waals surface area contributed by atoms with Crippen LogP contribution in [0.25, 0.3) is 16.1 Å². The van der Waals surface area contributed by atoms with Gasteiger partial charge in [0.25, 0.3) is 0 Å². The van der Waals surface area contributed by atoms with E-state index < -0.39 is 6.04 Å². The number of nitrogens with two attached hydrogens (primary N) is 3. The number of likely N-dealkylation sites (N-methyl/N-ethyl adjacent to an activating group) is 2. The molecule has 76 heavy (non-hydrogen) atoms. The maximum atomic E-state index is 12.6. The lowest BCUT2D eigenvalue weighted by molar-refractivity contribution is -0.151. The Hall–Kier alpha value is -5.88. The highest BCUT2D eigenvalue weighted by Gasteiger charge is 2.55. The summed E-state index contributed by atoms with van der Waals surface area (Å²) in [4.78, 5) is 59.6. The van der Waals surface area contributed by atoms with Gasteiger partial charge < -0.3 is 42.6 Å². The van der Waals surface area contributed by atoms with E-state index in [0.29, 0.717) is 41.2 Å². The van der Waals surface area contributed by atoms with Gasteiger partial charge in [0.1, 0.15) is 23.7 Å². The van der Waals surface area contributed by atoms with Gasteiger partial charge in [-0.15, -0.1) is 11.3 Å². The van der Waals surface area contributed by atoms with E-state index in [2.05, 4.69) is 83.4 Å². The lowest BCUT2D eigenvalue weighted by Gasteiger charge is -2.61. The highest BCUT2D eigenvalue weighted by atomic mass is 32.1. The second kappa shape index (κ2) is 26.0. The van der Waals surface area contributed by atoms with Gasteiger partial charge in [-0.25, -0.2) is 15.0 Å². The van der Waals surface area contributed by atoms with E-state index in [9.17, 15) is 19.5 Å².